The minimum absolute atomic E-state index is 0.0874. The van der Waals surface area contributed by atoms with Gasteiger partial charge >= 0.3 is 0 Å². The van der Waals surface area contributed by atoms with Crippen LogP contribution in [-0.4, -0.2) is 70.7 Å². The van der Waals surface area contributed by atoms with Gasteiger partial charge in [-0.2, -0.15) is 0 Å². The summed E-state index contributed by atoms with van der Waals surface area (Å²) in [5.41, 5.74) is -0.125. The first-order chi connectivity index (χ1) is 10.6. The van der Waals surface area contributed by atoms with E-state index in [-0.39, 0.29) is 23.6 Å². The Balaban J connectivity index is 1.63. The lowest BCUT2D eigenvalue weighted by molar-refractivity contribution is -0.152. The summed E-state index contributed by atoms with van der Waals surface area (Å²) in [4.78, 5) is 32.3. The summed E-state index contributed by atoms with van der Waals surface area (Å²) in [5, 5.41) is 0. The standard InChI is InChI=1S/C15H22N4O3/c1-17-6-3-13-12(10-17)19(8-9-22-13)15(21)4-7-18-11-16-5-2-14(18)20/h2,5,11-13H,3-4,6-10H2,1H3. The van der Waals surface area contributed by atoms with Crippen LogP contribution in [0.3, 0.4) is 0 Å². The smallest absolute Gasteiger partial charge is 0.253 e. The fourth-order valence-corrected chi connectivity index (χ4v) is 3.25. The number of fused-ring (bicyclic) bond motifs is 1. The van der Waals surface area contributed by atoms with E-state index in [1.807, 2.05) is 4.90 Å². The van der Waals surface area contributed by atoms with Crippen LogP contribution >= 0.6 is 0 Å². The van der Waals surface area contributed by atoms with E-state index in [4.69, 9.17) is 4.74 Å². The zero-order valence-electron chi connectivity index (χ0n) is 12.9. The van der Waals surface area contributed by atoms with Crippen LogP contribution in [0.2, 0.25) is 0 Å². The van der Waals surface area contributed by atoms with Crippen LogP contribution in [-0.2, 0) is 16.1 Å². The number of hydrogen-bond donors (Lipinski definition) is 0. The molecule has 0 bridgehead atoms. The van der Waals surface area contributed by atoms with Crippen LogP contribution in [0.25, 0.3) is 0 Å². The lowest BCUT2D eigenvalue weighted by atomic mass is 9.99. The third-order valence-electron chi connectivity index (χ3n) is 4.47. The number of hydrogen-bond acceptors (Lipinski definition) is 5. The van der Waals surface area contributed by atoms with Gasteiger partial charge in [0, 0.05) is 44.9 Å². The molecule has 22 heavy (non-hydrogen) atoms. The van der Waals surface area contributed by atoms with Crippen molar-refractivity contribution in [3.8, 4) is 0 Å². The van der Waals surface area contributed by atoms with Crippen molar-refractivity contribution >= 4 is 5.91 Å². The van der Waals surface area contributed by atoms with Gasteiger partial charge in [0.05, 0.1) is 25.1 Å². The molecular weight excluding hydrogens is 284 g/mol. The fraction of sp³-hybridized carbons (Fsp3) is 0.667. The van der Waals surface area contributed by atoms with Gasteiger partial charge in [0.2, 0.25) is 5.91 Å². The number of carbonyl (C=O) groups is 1. The topological polar surface area (TPSA) is 67.7 Å². The Hall–Kier alpha value is -1.73. The van der Waals surface area contributed by atoms with E-state index in [1.165, 1.54) is 23.2 Å². The molecule has 1 aromatic rings. The summed E-state index contributed by atoms with van der Waals surface area (Å²) < 4.78 is 7.28. The monoisotopic (exact) mass is 306 g/mol. The van der Waals surface area contributed by atoms with Crippen LogP contribution in [0.15, 0.2) is 23.4 Å². The third kappa shape index (κ3) is 3.20. The Morgan fingerprint density at radius 3 is 3.14 bits per heavy atom. The number of ether oxygens (including phenoxy) is 1. The highest BCUT2D eigenvalue weighted by atomic mass is 16.5. The lowest BCUT2D eigenvalue weighted by Gasteiger charge is -2.46. The highest BCUT2D eigenvalue weighted by Gasteiger charge is 2.38. The molecule has 7 nitrogen and oxygen atoms in total. The fourth-order valence-electron chi connectivity index (χ4n) is 3.25. The summed E-state index contributed by atoms with van der Waals surface area (Å²) in [7, 11) is 2.07. The quantitative estimate of drug-likeness (QED) is 0.758. The predicted octanol–water partition coefficient (Wildman–Crippen LogP) is -0.435. The Kier molecular flexibility index (Phi) is 4.54. The lowest BCUT2D eigenvalue weighted by Crippen LogP contribution is -2.60. The highest BCUT2D eigenvalue weighted by Crippen LogP contribution is 2.23. The molecule has 2 aliphatic heterocycles. The maximum atomic E-state index is 12.6. The summed E-state index contributed by atoms with van der Waals surface area (Å²) >= 11 is 0. The van der Waals surface area contributed by atoms with E-state index < -0.39 is 0 Å². The zero-order chi connectivity index (χ0) is 15.5. The molecule has 1 aromatic heterocycles. The van der Waals surface area contributed by atoms with Gasteiger partial charge in [0.15, 0.2) is 0 Å². The molecule has 0 aromatic carbocycles. The van der Waals surface area contributed by atoms with Gasteiger partial charge in [-0.1, -0.05) is 0 Å². The Labute approximate surface area is 129 Å². The first kappa shape index (κ1) is 15.2. The molecule has 2 fully saturated rings. The van der Waals surface area contributed by atoms with Crippen molar-refractivity contribution in [2.24, 2.45) is 0 Å². The van der Waals surface area contributed by atoms with Crippen molar-refractivity contribution in [1.82, 2.24) is 19.4 Å². The normalized spacial score (nSPS) is 25.8. The summed E-state index contributed by atoms with van der Waals surface area (Å²) in [6.45, 7) is 3.47. The second-order valence-electron chi connectivity index (χ2n) is 5.98. The maximum absolute atomic E-state index is 12.6. The molecule has 0 spiro atoms. The molecule has 3 rings (SSSR count). The van der Waals surface area contributed by atoms with E-state index >= 15 is 0 Å². The van der Waals surface area contributed by atoms with Gasteiger partial charge in [-0.05, 0) is 13.5 Å². The number of morpholine rings is 1. The van der Waals surface area contributed by atoms with Gasteiger partial charge in [0.25, 0.3) is 5.56 Å². The van der Waals surface area contributed by atoms with Crippen LogP contribution in [0.5, 0.6) is 0 Å². The largest absolute Gasteiger partial charge is 0.374 e. The molecule has 0 N–H and O–H groups in total. The van der Waals surface area contributed by atoms with Gasteiger partial charge in [0.1, 0.15) is 0 Å². The molecule has 2 aliphatic rings. The molecule has 1 amide bonds. The molecule has 0 saturated carbocycles. The van der Waals surface area contributed by atoms with Gasteiger partial charge in [-0.25, -0.2) is 4.98 Å². The third-order valence-corrected chi connectivity index (χ3v) is 4.47. The molecule has 0 radical (unpaired) electrons. The number of piperidine rings is 1. The van der Waals surface area contributed by atoms with Crippen LogP contribution in [0.1, 0.15) is 12.8 Å². The number of likely N-dealkylation sites (tertiary alicyclic amines) is 1. The Morgan fingerprint density at radius 2 is 2.32 bits per heavy atom. The number of carbonyl (C=O) groups excluding carboxylic acids is 1. The first-order valence-electron chi connectivity index (χ1n) is 7.75. The number of likely N-dealkylation sites (N-methyl/N-ethyl adjacent to an activating group) is 1. The minimum Gasteiger partial charge on any atom is -0.374 e. The number of aromatic nitrogens is 2. The molecule has 2 atom stereocenters. The number of rotatable bonds is 3. The first-order valence-corrected chi connectivity index (χ1v) is 7.75. The molecule has 7 heteroatoms. The molecule has 120 valence electrons. The van der Waals surface area contributed by atoms with Crippen molar-refractivity contribution in [3.63, 3.8) is 0 Å². The minimum atomic E-state index is -0.125. The van der Waals surface area contributed by atoms with E-state index in [0.29, 0.717) is 26.1 Å². The van der Waals surface area contributed by atoms with Gasteiger partial charge < -0.3 is 14.5 Å². The average molecular weight is 306 g/mol. The Morgan fingerprint density at radius 1 is 1.45 bits per heavy atom. The van der Waals surface area contributed by atoms with Crippen molar-refractivity contribution in [2.75, 3.05) is 33.3 Å². The van der Waals surface area contributed by atoms with Gasteiger partial charge in [-0.3, -0.25) is 14.2 Å². The second kappa shape index (κ2) is 6.58. The van der Waals surface area contributed by atoms with E-state index in [9.17, 15) is 9.59 Å². The van der Waals surface area contributed by atoms with E-state index in [1.54, 1.807) is 0 Å². The van der Waals surface area contributed by atoms with E-state index in [2.05, 4.69) is 16.9 Å². The van der Waals surface area contributed by atoms with Crippen LogP contribution in [0, 0.1) is 0 Å². The zero-order valence-corrected chi connectivity index (χ0v) is 12.9. The molecular formula is C15H22N4O3. The average Bonchev–Trinajstić information content (AvgIpc) is 2.53. The summed E-state index contributed by atoms with van der Waals surface area (Å²) in [5.74, 6) is 0.0874. The second-order valence-corrected chi connectivity index (χ2v) is 5.98. The number of nitrogens with zero attached hydrogens (tertiary/aromatic N) is 4. The van der Waals surface area contributed by atoms with Gasteiger partial charge in [-0.15, -0.1) is 0 Å². The molecule has 0 aliphatic carbocycles. The van der Waals surface area contributed by atoms with Crippen LogP contribution in [0.4, 0.5) is 0 Å². The van der Waals surface area contributed by atoms with Crippen molar-refractivity contribution in [1.29, 1.82) is 0 Å². The summed E-state index contributed by atoms with van der Waals surface area (Å²) in [6.07, 6.45) is 4.37. The van der Waals surface area contributed by atoms with Crippen LogP contribution < -0.4 is 5.56 Å². The summed E-state index contributed by atoms with van der Waals surface area (Å²) in [6, 6.07) is 1.54. The van der Waals surface area contributed by atoms with Crippen molar-refractivity contribution in [3.05, 3.63) is 28.9 Å². The van der Waals surface area contributed by atoms with E-state index in [0.717, 1.165) is 19.5 Å². The van der Waals surface area contributed by atoms with Crippen molar-refractivity contribution in [2.45, 2.75) is 31.5 Å². The highest BCUT2D eigenvalue weighted by molar-refractivity contribution is 5.76. The molecule has 2 saturated heterocycles. The predicted molar refractivity (Wildman–Crippen MR) is 80.5 cm³/mol. The molecule has 3 heterocycles. The number of amides is 1. The Bertz CT molecular complexity index is 588. The van der Waals surface area contributed by atoms with Crippen molar-refractivity contribution < 1.29 is 9.53 Å². The maximum Gasteiger partial charge on any atom is 0.253 e. The molecule has 2 unspecified atom stereocenters. The SMILES string of the molecule is CN1CCC2OCCN(C(=O)CCn3cnccc3=O)C2C1. The number of aryl methyl sites for hydroxylation is 1.